The van der Waals surface area contributed by atoms with E-state index in [0.29, 0.717) is 23.6 Å². The van der Waals surface area contributed by atoms with E-state index in [0.717, 1.165) is 12.1 Å². The predicted molar refractivity (Wildman–Crippen MR) is 93.7 cm³/mol. The van der Waals surface area contributed by atoms with Crippen LogP contribution in [0.15, 0.2) is 42.5 Å². The van der Waals surface area contributed by atoms with Gasteiger partial charge in [-0.1, -0.05) is 24.3 Å². The molecule has 2 N–H and O–H groups in total. The van der Waals surface area contributed by atoms with Gasteiger partial charge in [-0.05, 0) is 23.8 Å². The second-order valence-electron chi connectivity index (χ2n) is 5.90. The van der Waals surface area contributed by atoms with Crippen molar-refractivity contribution >= 4 is 5.91 Å². The van der Waals surface area contributed by atoms with Gasteiger partial charge in [0.25, 0.3) is 5.91 Å². The maximum absolute atomic E-state index is 12.5. The van der Waals surface area contributed by atoms with Crippen LogP contribution in [0.1, 0.15) is 21.5 Å². The molecular formula is C19H25N2O3+. The van der Waals surface area contributed by atoms with Crippen LogP contribution in [0.2, 0.25) is 0 Å². The number of hydrogen-bond donors (Lipinski definition) is 2. The third-order valence-corrected chi connectivity index (χ3v) is 3.75. The van der Waals surface area contributed by atoms with E-state index in [1.165, 1.54) is 10.5 Å². The summed E-state index contributed by atoms with van der Waals surface area (Å²) < 4.78 is 10.5. The lowest BCUT2D eigenvalue weighted by atomic mass is 10.1. The molecule has 0 aliphatic rings. The third kappa shape index (κ3) is 4.49. The van der Waals surface area contributed by atoms with Gasteiger partial charge in [0.2, 0.25) is 0 Å². The van der Waals surface area contributed by atoms with Crippen LogP contribution >= 0.6 is 0 Å². The molecule has 0 heterocycles. The Morgan fingerprint density at radius 3 is 2.38 bits per heavy atom. The van der Waals surface area contributed by atoms with Crippen LogP contribution in [0.5, 0.6) is 11.5 Å². The van der Waals surface area contributed by atoms with Crippen molar-refractivity contribution in [3.63, 3.8) is 0 Å². The molecule has 0 bridgehead atoms. The SMILES string of the molecule is COc1ccc(OC)c(C(=O)NCc2ccccc2C[NH+](C)C)c1. The quantitative estimate of drug-likeness (QED) is 0.805. The van der Waals surface area contributed by atoms with Crippen molar-refractivity contribution in [2.45, 2.75) is 13.1 Å². The molecule has 0 aliphatic carbocycles. The minimum atomic E-state index is -0.183. The summed E-state index contributed by atoms with van der Waals surface area (Å²) in [4.78, 5) is 13.9. The highest BCUT2D eigenvalue weighted by Crippen LogP contribution is 2.24. The topological polar surface area (TPSA) is 52.0 Å². The van der Waals surface area contributed by atoms with Crippen molar-refractivity contribution in [3.05, 3.63) is 59.2 Å². The fourth-order valence-electron chi connectivity index (χ4n) is 2.55. The van der Waals surface area contributed by atoms with Gasteiger partial charge in [0.1, 0.15) is 18.0 Å². The first-order chi connectivity index (χ1) is 11.5. The second kappa shape index (κ2) is 8.36. The fraction of sp³-hybridized carbons (Fsp3) is 0.316. The molecule has 2 aromatic rings. The number of carbonyl (C=O) groups excluding carboxylic acids is 1. The lowest BCUT2D eigenvalue weighted by molar-refractivity contribution is -0.872. The maximum Gasteiger partial charge on any atom is 0.255 e. The number of carbonyl (C=O) groups is 1. The predicted octanol–water partition coefficient (Wildman–Crippen LogP) is 1.28. The van der Waals surface area contributed by atoms with Gasteiger partial charge in [0.05, 0.1) is 33.9 Å². The fourth-order valence-corrected chi connectivity index (χ4v) is 2.55. The van der Waals surface area contributed by atoms with E-state index in [9.17, 15) is 4.79 Å². The van der Waals surface area contributed by atoms with Crippen LogP contribution in [0.3, 0.4) is 0 Å². The zero-order valence-corrected chi connectivity index (χ0v) is 14.7. The first-order valence-corrected chi connectivity index (χ1v) is 7.91. The minimum absolute atomic E-state index is 0.183. The van der Waals surface area contributed by atoms with Crippen molar-refractivity contribution in [1.82, 2.24) is 5.32 Å². The average Bonchev–Trinajstić information content (AvgIpc) is 2.59. The molecule has 5 nitrogen and oxygen atoms in total. The van der Waals surface area contributed by atoms with Crippen LogP contribution in [0.25, 0.3) is 0 Å². The molecule has 0 unspecified atom stereocenters. The highest BCUT2D eigenvalue weighted by molar-refractivity contribution is 5.97. The van der Waals surface area contributed by atoms with Gasteiger partial charge in [0.15, 0.2) is 0 Å². The van der Waals surface area contributed by atoms with Crippen molar-refractivity contribution in [3.8, 4) is 11.5 Å². The summed E-state index contributed by atoms with van der Waals surface area (Å²) in [7, 11) is 7.34. The van der Waals surface area contributed by atoms with Gasteiger partial charge in [-0.3, -0.25) is 4.79 Å². The van der Waals surface area contributed by atoms with Gasteiger partial charge in [-0.2, -0.15) is 0 Å². The number of benzene rings is 2. The minimum Gasteiger partial charge on any atom is -0.497 e. The zero-order valence-electron chi connectivity index (χ0n) is 14.7. The molecule has 0 spiro atoms. The Hall–Kier alpha value is -2.53. The summed E-state index contributed by atoms with van der Waals surface area (Å²) in [5, 5.41) is 2.97. The molecule has 128 valence electrons. The van der Waals surface area contributed by atoms with Crippen LogP contribution in [-0.4, -0.2) is 34.2 Å². The second-order valence-corrected chi connectivity index (χ2v) is 5.90. The average molecular weight is 329 g/mol. The molecule has 1 amide bonds. The van der Waals surface area contributed by atoms with Crippen molar-refractivity contribution in [2.75, 3.05) is 28.3 Å². The highest BCUT2D eigenvalue weighted by Gasteiger charge is 2.14. The molecule has 0 saturated carbocycles. The van der Waals surface area contributed by atoms with Gasteiger partial charge >= 0.3 is 0 Å². The van der Waals surface area contributed by atoms with Crippen LogP contribution < -0.4 is 19.7 Å². The number of methoxy groups -OCH3 is 2. The van der Waals surface area contributed by atoms with Crippen molar-refractivity contribution in [1.29, 1.82) is 0 Å². The van der Waals surface area contributed by atoms with E-state index in [-0.39, 0.29) is 5.91 Å². The monoisotopic (exact) mass is 329 g/mol. The molecule has 2 aromatic carbocycles. The molecule has 0 fully saturated rings. The number of nitrogens with one attached hydrogen (secondary N) is 2. The zero-order chi connectivity index (χ0) is 17.5. The van der Waals surface area contributed by atoms with E-state index in [4.69, 9.17) is 9.47 Å². The summed E-state index contributed by atoms with van der Waals surface area (Å²) in [6, 6.07) is 13.3. The molecule has 0 aromatic heterocycles. The van der Waals surface area contributed by atoms with E-state index in [1.54, 1.807) is 32.4 Å². The normalized spacial score (nSPS) is 10.5. The summed E-state index contributed by atoms with van der Waals surface area (Å²) in [6.45, 7) is 1.39. The van der Waals surface area contributed by atoms with Crippen molar-refractivity contribution < 1.29 is 19.2 Å². The first-order valence-electron chi connectivity index (χ1n) is 7.91. The highest BCUT2D eigenvalue weighted by atomic mass is 16.5. The number of quaternary nitrogens is 1. The molecule has 5 heteroatoms. The Morgan fingerprint density at radius 2 is 1.75 bits per heavy atom. The Labute approximate surface area is 143 Å². The molecule has 0 radical (unpaired) electrons. The Morgan fingerprint density at radius 1 is 1.04 bits per heavy atom. The maximum atomic E-state index is 12.5. The molecule has 0 atom stereocenters. The summed E-state index contributed by atoms with van der Waals surface area (Å²) in [5.41, 5.74) is 2.82. The summed E-state index contributed by atoms with van der Waals surface area (Å²) in [6.07, 6.45) is 0. The van der Waals surface area contributed by atoms with Gasteiger partial charge in [0, 0.05) is 12.1 Å². The number of hydrogen-bond acceptors (Lipinski definition) is 3. The van der Waals surface area contributed by atoms with Gasteiger partial charge < -0.3 is 19.7 Å². The molecule has 2 rings (SSSR count). The Kier molecular flexibility index (Phi) is 6.21. The number of ether oxygens (including phenoxy) is 2. The third-order valence-electron chi connectivity index (χ3n) is 3.75. The molecule has 24 heavy (non-hydrogen) atoms. The van der Waals surface area contributed by atoms with Gasteiger partial charge in [-0.15, -0.1) is 0 Å². The van der Waals surface area contributed by atoms with Gasteiger partial charge in [-0.25, -0.2) is 0 Å². The lowest BCUT2D eigenvalue weighted by Crippen LogP contribution is -3.04. The van der Waals surface area contributed by atoms with Crippen LogP contribution in [0.4, 0.5) is 0 Å². The van der Waals surface area contributed by atoms with Crippen molar-refractivity contribution in [2.24, 2.45) is 0 Å². The molecule has 0 aliphatic heterocycles. The van der Waals surface area contributed by atoms with E-state index < -0.39 is 0 Å². The molecule has 0 saturated heterocycles. The number of rotatable bonds is 7. The lowest BCUT2D eigenvalue weighted by Gasteiger charge is -2.14. The van der Waals surface area contributed by atoms with Crippen LogP contribution in [-0.2, 0) is 13.1 Å². The standard InChI is InChI=1S/C19H24N2O3/c1-21(2)13-15-8-6-5-7-14(15)12-20-19(22)17-11-16(23-3)9-10-18(17)24-4/h5-11H,12-13H2,1-4H3,(H,20,22)/p+1. The Bertz CT molecular complexity index is 699. The Balaban J connectivity index is 2.14. The smallest absolute Gasteiger partial charge is 0.255 e. The first kappa shape index (κ1) is 17.8. The largest absolute Gasteiger partial charge is 0.497 e. The van der Waals surface area contributed by atoms with Crippen LogP contribution in [0, 0.1) is 0 Å². The van der Waals surface area contributed by atoms with E-state index in [2.05, 4.69) is 25.5 Å². The summed E-state index contributed by atoms with van der Waals surface area (Å²) in [5.74, 6) is 0.967. The number of amides is 1. The van der Waals surface area contributed by atoms with E-state index >= 15 is 0 Å². The summed E-state index contributed by atoms with van der Waals surface area (Å²) >= 11 is 0. The van der Waals surface area contributed by atoms with E-state index in [1.807, 2.05) is 18.2 Å². The molecular weight excluding hydrogens is 304 g/mol.